The van der Waals surface area contributed by atoms with E-state index in [2.05, 4.69) is 6.58 Å². The van der Waals surface area contributed by atoms with Crippen LogP contribution in [0.3, 0.4) is 0 Å². The Kier molecular flexibility index (Phi) is 7.72. The molecule has 1 N–H and O–H groups in total. The molecule has 0 amide bonds. The van der Waals surface area contributed by atoms with Crippen LogP contribution in [-0.2, 0) is 20.9 Å². The molecule has 3 atom stereocenters. The number of allylic oxidation sites excluding steroid dienone is 1. The molecule has 116 valence electrons. The monoisotopic (exact) mass is 292 g/mol. The number of rotatable bonds is 9. The Morgan fingerprint density at radius 3 is 2.62 bits per heavy atom. The highest BCUT2D eigenvalue weighted by molar-refractivity contribution is 5.73. The number of carbonyl (C=O) groups excluding carboxylic acids is 1. The van der Waals surface area contributed by atoms with Gasteiger partial charge in [-0.3, -0.25) is 4.79 Å². The molecular formula is C17H24O4. The summed E-state index contributed by atoms with van der Waals surface area (Å²) in [4.78, 5) is 11.7. The molecule has 0 aliphatic carbocycles. The molecule has 0 saturated heterocycles. The fraction of sp³-hybridized carbons (Fsp3) is 0.471. The first-order valence-corrected chi connectivity index (χ1v) is 7.08. The van der Waals surface area contributed by atoms with Gasteiger partial charge < -0.3 is 14.6 Å². The number of carbonyl (C=O) groups is 1. The van der Waals surface area contributed by atoms with E-state index in [1.54, 1.807) is 6.08 Å². The van der Waals surface area contributed by atoms with Crippen molar-refractivity contribution in [1.82, 2.24) is 0 Å². The van der Waals surface area contributed by atoms with Crippen LogP contribution in [0.1, 0.15) is 18.9 Å². The molecule has 0 aliphatic heterocycles. The molecule has 0 bridgehead atoms. The topological polar surface area (TPSA) is 55.8 Å². The first kappa shape index (κ1) is 17.4. The molecule has 1 aromatic carbocycles. The van der Waals surface area contributed by atoms with E-state index in [9.17, 15) is 9.90 Å². The summed E-state index contributed by atoms with van der Waals surface area (Å²) in [5, 5.41) is 10.3. The Morgan fingerprint density at radius 1 is 1.38 bits per heavy atom. The molecular weight excluding hydrogens is 268 g/mol. The van der Waals surface area contributed by atoms with Crippen molar-refractivity contribution in [3.63, 3.8) is 0 Å². The molecule has 0 saturated carbocycles. The van der Waals surface area contributed by atoms with Crippen molar-refractivity contribution >= 4 is 5.97 Å². The second-order valence-corrected chi connectivity index (χ2v) is 5.12. The highest BCUT2D eigenvalue weighted by Gasteiger charge is 2.30. The van der Waals surface area contributed by atoms with Gasteiger partial charge in [0, 0.05) is 5.92 Å². The molecule has 0 unspecified atom stereocenters. The minimum atomic E-state index is -0.814. The molecule has 1 aromatic rings. The number of esters is 1. The number of ether oxygens (including phenoxy) is 2. The van der Waals surface area contributed by atoms with Gasteiger partial charge in [0.15, 0.2) is 0 Å². The number of benzene rings is 1. The van der Waals surface area contributed by atoms with Crippen molar-refractivity contribution in [3.8, 4) is 0 Å². The third kappa shape index (κ3) is 5.69. The Labute approximate surface area is 126 Å². The largest absolute Gasteiger partial charge is 0.469 e. The third-order valence-corrected chi connectivity index (χ3v) is 3.41. The van der Waals surface area contributed by atoms with Crippen LogP contribution in [0.25, 0.3) is 0 Å². The summed E-state index contributed by atoms with van der Waals surface area (Å²) in [5.41, 5.74) is 1.08. The Bertz CT molecular complexity index is 430. The second-order valence-electron chi connectivity index (χ2n) is 5.12. The van der Waals surface area contributed by atoms with Gasteiger partial charge in [-0.2, -0.15) is 0 Å². The lowest BCUT2D eigenvalue weighted by Gasteiger charge is -2.25. The molecule has 0 radical (unpaired) electrons. The molecule has 0 aliphatic rings. The zero-order chi connectivity index (χ0) is 15.7. The number of aliphatic hydroxyl groups excluding tert-OH is 1. The van der Waals surface area contributed by atoms with Gasteiger partial charge in [0.05, 0.1) is 32.3 Å². The van der Waals surface area contributed by atoms with E-state index >= 15 is 0 Å². The minimum Gasteiger partial charge on any atom is -0.469 e. The smallest absolute Gasteiger partial charge is 0.311 e. The van der Waals surface area contributed by atoms with Crippen LogP contribution in [0, 0.1) is 11.8 Å². The summed E-state index contributed by atoms with van der Waals surface area (Å²) in [5.74, 6) is -1.18. The Hall–Kier alpha value is -1.65. The highest BCUT2D eigenvalue weighted by Crippen LogP contribution is 2.19. The fourth-order valence-corrected chi connectivity index (χ4v) is 2.14. The van der Waals surface area contributed by atoms with Gasteiger partial charge in [-0.1, -0.05) is 43.3 Å². The number of hydrogen-bond donors (Lipinski definition) is 1. The van der Waals surface area contributed by atoms with Crippen molar-refractivity contribution in [1.29, 1.82) is 0 Å². The van der Waals surface area contributed by atoms with E-state index in [0.717, 1.165) is 5.56 Å². The highest BCUT2D eigenvalue weighted by atomic mass is 16.5. The van der Waals surface area contributed by atoms with Crippen LogP contribution >= 0.6 is 0 Å². The molecule has 0 fully saturated rings. The molecule has 1 rings (SSSR count). The van der Waals surface area contributed by atoms with Crippen LogP contribution < -0.4 is 0 Å². The average molecular weight is 292 g/mol. The predicted octanol–water partition coefficient (Wildman–Crippen LogP) is 2.57. The lowest BCUT2D eigenvalue weighted by Crippen LogP contribution is -2.35. The van der Waals surface area contributed by atoms with Gasteiger partial charge in [0.2, 0.25) is 0 Å². The van der Waals surface area contributed by atoms with E-state index in [-0.39, 0.29) is 5.92 Å². The van der Waals surface area contributed by atoms with E-state index in [1.807, 2.05) is 37.3 Å². The lowest BCUT2D eigenvalue weighted by molar-refractivity contribution is -0.151. The molecule has 21 heavy (non-hydrogen) atoms. The van der Waals surface area contributed by atoms with Crippen molar-refractivity contribution in [2.24, 2.45) is 11.8 Å². The van der Waals surface area contributed by atoms with Crippen LogP contribution in [0.4, 0.5) is 0 Å². The zero-order valence-electron chi connectivity index (χ0n) is 12.7. The summed E-state index contributed by atoms with van der Waals surface area (Å²) in [6.07, 6.45) is 1.19. The molecule has 0 aromatic heterocycles. The molecule has 0 spiro atoms. The van der Waals surface area contributed by atoms with Crippen molar-refractivity contribution in [2.75, 3.05) is 13.7 Å². The maximum absolute atomic E-state index is 11.7. The summed E-state index contributed by atoms with van der Waals surface area (Å²) < 4.78 is 10.3. The quantitative estimate of drug-likeness (QED) is 0.561. The van der Waals surface area contributed by atoms with Crippen LogP contribution in [-0.4, -0.2) is 30.9 Å². The standard InChI is InChI=1S/C17H24O4/c1-4-8-15(17(19)20-3)16(18)13(2)11-21-12-14-9-6-5-7-10-14/h4-7,9-10,13,15-16,18H,1,8,11-12H2,2-3H3/t13-,15-,16-/m0/s1. The van der Waals surface area contributed by atoms with E-state index in [4.69, 9.17) is 9.47 Å². The SMILES string of the molecule is C=CC[C@H](C(=O)OC)[C@@H](O)[C@@H](C)COCc1ccccc1. The first-order chi connectivity index (χ1) is 10.1. The summed E-state index contributed by atoms with van der Waals surface area (Å²) >= 11 is 0. The van der Waals surface area contributed by atoms with Gasteiger partial charge in [-0.25, -0.2) is 0 Å². The normalized spacial score (nSPS) is 15.0. The third-order valence-electron chi connectivity index (χ3n) is 3.41. The van der Waals surface area contributed by atoms with Gasteiger partial charge in [0.25, 0.3) is 0 Å². The van der Waals surface area contributed by atoms with E-state index in [0.29, 0.717) is 19.6 Å². The summed E-state index contributed by atoms with van der Waals surface area (Å²) in [6.45, 7) is 6.33. The zero-order valence-corrected chi connectivity index (χ0v) is 12.7. The van der Waals surface area contributed by atoms with Crippen LogP contribution in [0.5, 0.6) is 0 Å². The Morgan fingerprint density at radius 2 is 2.05 bits per heavy atom. The van der Waals surface area contributed by atoms with Gasteiger partial charge in [-0.15, -0.1) is 6.58 Å². The average Bonchev–Trinajstić information content (AvgIpc) is 2.52. The molecule has 0 heterocycles. The van der Waals surface area contributed by atoms with Gasteiger partial charge in [-0.05, 0) is 12.0 Å². The first-order valence-electron chi connectivity index (χ1n) is 7.08. The van der Waals surface area contributed by atoms with Crippen molar-refractivity contribution in [2.45, 2.75) is 26.1 Å². The maximum Gasteiger partial charge on any atom is 0.311 e. The van der Waals surface area contributed by atoms with Crippen molar-refractivity contribution < 1.29 is 19.4 Å². The minimum absolute atomic E-state index is 0.169. The maximum atomic E-state index is 11.7. The number of aliphatic hydroxyl groups is 1. The lowest BCUT2D eigenvalue weighted by atomic mass is 9.90. The van der Waals surface area contributed by atoms with Crippen LogP contribution in [0.15, 0.2) is 43.0 Å². The number of hydrogen-bond acceptors (Lipinski definition) is 4. The van der Waals surface area contributed by atoms with E-state index < -0.39 is 18.0 Å². The Balaban J connectivity index is 2.46. The number of methoxy groups -OCH3 is 1. The van der Waals surface area contributed by atoms with Crippen LogP contribution in [0.2, 0.25) is 0 Å². The second kappa shape index (κ2) is 9.32. The van der Waals surface area contributed by atoms with Crippen molar-refractivity contribution in [3.05, 3.63) is 48.6 Å². The molecule has 4 heteroatoms. The fourth-order valence-electron chi connectivity index (χ4n) is 2.14. The van der Waals surface area contributed by atoms with Gasteiger partial charge >= 0.3 is 5.97 Å². The van der Waals surface area contributed by atoms with Gasteiger partial charge in [0.1, 0.15) is 0 Å². The predicted molar refractivity (Wildman–Crippen MR) is 81.6 cm³/mol. The van der Waals surface area contributed by atoms with E-state index in [1.165, 1.54) is 7.11 Å². The summed E-state index contributed by atoms with van der Waals surface area (Å²) in [6, 6.07) is 9.82. The molecule has 4 nitrogen and oxygen atoms in total. The summed E-state index contributed by atoms with van der Waals surface area (Å²) in [7, 11) is 1.32.